The summed E-state index contributed by atoms with van der Waals surface area (Å²) in [6, 6.07) is 0. The van der Waals surface area contributed by atoms with Crippen LogP contribution in [0.5, 0.6) is 0 Å². The summed E-state index contributed by atoms with van der Waals surface area (Å²) >= 11 is 0. The Balaban J connectivity index is 1.90. The van der Waals surface area contributed by atoms with Gasteiger partial charge in [-0.15, -0.1) is 0 Å². The van der Waals surface area contributed by atoms with E-state index in [2.05, 4.69) is 43.4 Å². The number of allylic oxidation sites excluding steroid dienone is 5. The van der Waals surface area contributed by atoms with Crippen LogP contribution in [-0.4, -0.2) is 23.3 Å². The molecular formula is C20H32O3. The van der Waals surface area contributed by atoms with E-state index in [-0.39, 0.29) is 6.42 Å². The Labute approximate surface area is 141 Å². The maximum atomic E-state index is 10.3. The summed E-state index contributed by atoms with van der Waals surface area (Å²) in [6.45, 7) is 2.23. The second-order valence-electron chi connectivity index (χ2n) is 6.12. The molecule has 3 nitrogen and oxygen atoms in total. The number of carboxylic acids is 1. The molecule has 0 amide bonds. The first-order chi connectivity index (χ1) is 11.2. The number of ether oxygens (including phenoxy) is 1. The highest BCUT2D eigenvalue weighted by molar-refractivity contribution is 5.66. The summed E-state index contributed by atoms with van der Waals surface area (Å²) in [5.74, 6) is -0.714. The van der Waals surface area contributed by atoms with Crippen molar-refractivity contribution in [3.05, 3.63) is 36.5 Å². The van der Waals surface area contributed by atoms with Gasteiger partial charge in [-0.2, -0.15) is 0 Å². The van der Waals surface area contributed by atoms with Crippen molar-refractivity contribution >= 4 is 5.97 Å². The van der Waals surface area contributed by atoms with E-state index >= 15 is 0 Å². The number of carbonyl (C=O) groups is 1. The molecule has 1 aliphatic heterocycles. The van der Waals surface area contributed by atoms with Crippen LogP contribution in [0.25, 0.3) is 0 Å². The number of carboxylic acid groups (broad SMARTS) is 1. The average molecular weight is 320 g/mol. The molecule has 0 bridgehead atoms. The van der Waals surface area contributed by atoms with Crippen LogP contribution in [0.4, 0.5) is 0 Å². The SMILES string of the molecule is CCCCCC1OC1C/C=C\C/C=C\C/C=C\CCCC(=O)O. The van der Waals surface area contributed by atoms with Crippen LogP contribution < -0.4 is 0 Å². The van der Waals surface area contributed by atoms with E-state index in [4.69, 9.17) is 9.84 Å². The fourth-order valence-corrected chi connectivity index (χ4v) is 2.50. The highest BCUT2D eigenvalue weighted by atomic mass is 16.6. The normalized spacial score (nSPS) is 20.9. The number of hydrogen-bond acceptors (Lipinski definition) is 2. The van der Waals surface area contributed by atoms with Crippen LogP contribution in [0.3, 0.4) is 0 Å². The fraction of sp³-hybridized carbons (Fsp3) is 0.650. The summed E-state index contributed by atoms with van der Waals surface area (Å²) in [5, 5.41) is 8.51. The molecule has 130 valence electrons. The molecule has 3 heteroatoms. The Bertz CT molecular complexity index is 396. The van der Waals surface area contributed by atoms with Gasteiger partial charge in [-0.05, 0) is 38.5 Å². The molecule has 1 heterocycles. The van der Waals surface area contributed by atoms with Gasteiger partial charge in [0.25, 0.3) is 0 Å². The zero-order chi connectivity index (χ0) is 16.8. The molecule has 0 aliphatic carbocycles. The van der Waals surface area contributed by atoms with Crippen LogP contribution in [0.1, 0.15) is 71.1 Å². The molecule has 1 rings (SSSR count). The predicted octanol–water partition coefficient (Wildman–Crippen LogP) is 5.43. The van der Waals surface area contributed by atoms with Crippen molar-refractivity contribution < 1.29 is 14.6 Å². The molecule has 0 aromatic carbocycles. The van der Waals surface area contributed by atoms with Crippen molar-refractivity contribution in [2.45, 2.75) is 83.3 Å². The second-order valence-corrected chi connectivity index (χ2v) is 6.12. The van der Waals surface area contributed by atoms with E-state index in [0.29, 0.717) is 12.2 Å². The Morgan fingerprint density at radius 3 is 2.35 bits per heavy atom. The van der Waals surface area contributed by atoms with Gasteiger partial charge in [-0.25, -0.2) is 0 Å². The summed E-state index contributed by atoms with van der Waals surface area (Å²) in [5.41, 5.74) is 0. The van der Waals surface area contributed by atoms with Gasteiger partial charge in [-0.3, -0.25) is 4.79 Å². The minimum atomic E-state index is -0.714. The van der Waals surface area contributed by atoms with Crippen LogP contribution in [-0.2, 0) is 9.53 Å². The van der Waals surface area contributed by atoms with Crippen molar-refractivity contribution in [1.29, 1.82) is 0 Å². The van der Waals surface area contributed by atoms with E-state index in [1.807, 2.05) is 0 Å². The molecule has 0 aromatic rings. The predicted molar refractivity (Wildman–Crippen MR) is 95.6 cm³/mol. The maximum absolute atomic E-state index is 10.3. The minimum Gasteiger partial charge on any atom is -0.481 e. The largest absolute Gasteiger partial charge is 0.481 e. The number of epoxide rings is 1. The fourth-order valence-electron chi connectivity index (χ4n) is 2.50. The van der Waals surface area contributed by atoms with Crippen LogP contribution >= 0.6 is 0 Å². The van der Waals surface area contributed by atoms with E-state index in [1.54, 1.807) is 0 Å². The zero-order valence-corrected chi connectivity index (χ0v) is 14.5. The highest BCUT2D eigenvalue weighted by Gasteiger charge is 2.36. The van der Waals surface area contributed by atoms with Gasteiger partial charge < -0.3 is 9.84 Å². The molecular weight excluding hydrogens is 288 g/mol. The number of aliphatic carboxylic acids is 1. The monoisotopic (exact) mass is 320 g/mol. The average Bonchev–Trinajstić information content (AvgIpc) is 3.27. The van der Waals surface area contributed by atoms with Gasteiger partial charge in [0.1, 0.15) is 0 Å². The van der Waals surface area contributed by atoms with E-state index in [9.17, 15) is 4.79 Å². The Kier molecular flexibility index (Phi) is 11.2. The third kappa shape index (κ3) is 11.8. The molecule has 0 aromatic heterocycles. The molecule has 2 unspecified atom stereocenters. The number of rotatable bonds is 14. The molecule has 23 heavy (non-hydrogen) atoms. The summed E-state index contributed by atoms with van der Waals surface area (Å²) in [4.78, 5) is 10.3. The zero-order valence-electron chi connectivity index (χ0n) is 14.5. The van der Waals surface area contributed by atoms with Crippen LogP contribution in [0.2, 0.25) is 0 Å². The van der Waals surface area contributed by atoms with E-state index < -0.39 is 5.97 Å². The van der Waals surface area contributed by atoms with Crippen LogP contribution in [0.15, 0.2) is 36.5 Å². The van der Waals surface area contributed by atoms with Gasteiger partial charge in [0.2, 0.25) is 0 Å². The Hall–Kier alpha value is -1.35. The second kappa shape index (κ2) is 13.1. The standard InChI is InChI=1S/C20H32O3/c1-2-3-12-15-18-19(23-18)16-13-10-8-6-4-5-7-9-11-14-17-20(21)22/h4,6-7,9-10,13,18-19H,2-3,5,8,11-12,14-17H2,1H3,(H,21,22)/b6-4-,9-7-,13-10-. The van der Waals surface area contributed by atoms with Gasteiger partial charge >= 0.3 is 5.97 Å². The summed E-state index contributed by atoms with van der Waals surface area (Å²) < 4.78 is 5.66. The number of hydrogen-bond donors (Lipinski definition) is 1. The molecule has 1 fully saturated rings. The molecule has 0 radical (unpaired) electrons. The van der Waals surface area contributed by atoms with Gasteiger partial charge in [-0.1, -0.05) is 62.6 Å². The summed E-state index contributed by atoms with van der Waals surface area (Å²) in [7, 11) is 0. The van der Waals surface area contributed by atoms with Gasteiger partial charge in [0.15, 0.2) is 0 Å². The molecule has 0 spiro atoms. The van der Waals surface area contributed by atoms with Crippen molar-refractivity contribution in [1.82, 2.24) is 0 Å². The summed E-state index contributed by atoms with van der Waals surface area (Å²) in [6.07, 6.45) is 23.8. The first-order valence-corrected chi connectivity index (χ1v) is 9.06. The highest BCUT2D eigenvalue weighted by Crippen LogP contribution is 2.30. The molecule has 1 saturated heterocycles. The molecule has 0 saturated carbocycles. The van der Waals surface area contributed by atoms with Gasteiger partial charge in [0, 0.05) is 6.42 Å². The number of unbranched alkanes of at least 4 members (excludes halogenated alkanes) is 3. The van der Waals surface area contributed by atoms with Crippen molar-refractivity contribution in [2.24, 2.45) is 0 Å². The Morgan fingerprint density at radius 1 is 0.957 bits per heavy atom. The first-order valence-electron chi connectivity index (χ1n) is 9.06. The molecule has 2 atom stereocenters. The molecule has 1 aliphatic rings. The topological polar surface area (TPSA) is 49.8 Å². The lowest BCUT2D eigenvalue weighted by Crippen LogP contribution is -1.92. The van der Waals surface area contributed by atoms with Gasteiger partial charge in [0.05, 0.1) is 12.2 Å². The van der Waals surface area contributed by atoms with E-state index in [1.165, 1.54) is 25.7 Å². The lowest BCUT2D eigenvalue weighted by molar-refractivity contribution is -0.137. The van der Waals surface area contributed by atoms with Crippen molar-refractivity contribution in [3.63, 3.8) is 0 Å². The molecule has 1 N–H and O–H groups in total. The Morgan fingerprint density at radius 2 is 1.65 bits per heavy atom. The maximum Gasteiger partial charge on any atom is 0.303 e. The first kappa shape index (κ1) is 19.7. The third-order valence-corrected chi connectivity index (χ3v) is 3.95. The lowest BCUT2D eigenvalue weighted by atomic mass is 10.1. The smallest absolute Gasteiger partial charge is 0.303 e. The third-order valence-electron chi connectivity index (χ3n) is 3.95. The van der Waals surface area contributed by atoms with E-state index in [0.717, 1.165) is 32.1 Å². The van der Waals surface area contributed by atoms with Crippen LogP contribution in [0, 0.1) is 0 Å². The van der Waals surface area contributed by atoms with Crippen molar-refractivity contribution in [3.8, 4) is 0 Å². The minimum absolute atomic E-state index is 0.259. The quantitative estimate of drug-likeness (QED) is 0.264. The lowest BCUT2D eigenvalue weighted by Gasteiger charge is -1.93. The van der Waals surface area contributed by atoms with Crippen molar-refractivity contribution in [2.75, 3.05) is 0 Å².